The molecule has 0 radical (unpaired) electrons. The van der Waals surface area contributed by atoms with Gasteiger partial charge in [-0.1, -0.05) is 48.5 Å². The van der Waals surface area contributed by atoms with Gasteiger partial charge in [-0.25, -0.2) is 19.8 Å². The Bertz CT molecular complexity index is 1110. The largest absolute Gasteiger partial charge is 0.410 e. The maximum Gasteiger partial charge on any atom is 0.333 e. The number of nitrogen functional groups attached to an aromatic ring is 1. The van der Waals surface area contributed by atoms with Gasteiger partial charge in [-0.15, -0.1) is 11.8 Å². The van der Waals surface area contributed by atoms with E-state index < -0.39 is 37.1 Å². The lowest BCUT2D eigenvalue weighted by Gasteiger charge is -2.44. The number of aromatic nitrogens is 4. The van der Waals surface area contributed by atoms with E-state index in [0.29, 0.717) is 39.9 Å². The summed E-state index contributed by atoms with van der Waals surface area (Å²) in [6.07, 6.45) is 0.254. The SMILES string of the molecule is CCSc1nn([C@H]2C[C@H](O[Si](C(C)C)(C(C)C)C(C)C)[C@@H](COS(N)(=O)=O)O2)c2ncnc(N)c12. The average molecular weight is 547 g/mol. The molecule has 2 aromatic rings. The summed E-state index contributed by atoms with van der Waals surface area (Å²) in [4.78, 5) is 8.54. The summed E-state index contributed by atoms with van der Waals surface area (Å²) in [5.74, 6) is 1.15. The molecule has 1 aliphatic rings. The van der Waals surface area contributed by atoms with Crippen molar-refractivity contribution in [3.63, 3.8) is 0 Å². The molecule has 0 aromatic carbocycles. The lowest BCUT2D eigenvalue weighted by molar-refractivity contribution is -0.0400. The van der Waals surface area contributed by atoms with Crippen molar-refractivity contribution in [2.24, 2.45) is 5.14 Å². The summed E-state index contributed by atoms with van der Waals surface area (Å²) < 4.78 is 43.1. The maximum absolute atomic E-state index is 11.6. The molecular formula is C21H38N6O5S2Si. The Kier molecular flexibility index (Phi) is 8.88. The molecule has 0 saturated carbocycles. The van der Waals surface area contributed by atoms with Crippen LogP contribution in [0.1, 0.15) is 61.1 Å². The average Bonchev–Trinajstić information content (AvgIpc) is 3.31. The Morgan fingerprint density at radius 1 is 1.20 bits per heavy atom. The van der Waals surface area contributed by atoms with Crippen molar-refractivity contribution in [3.05, 3.63) is 6.33 Å². The number of ether oxygens (including phenoxy) is 1. The minimum absolute atomic E-state index is 0.244. The Morgan fingerprint density at radius 2 is 1.83 bits per heavy atom. The van der Waals surface area contributed by atoms with Gasteiger partial charge in [0.15, 0.2) is 11.9 Å². The minimum Gasteiger partial charge on any atom is -0.410 e. The third kappa shape index (κ3) is 5.83. The number of nitrogens with zero attached hydrogens (tertiary/aromatic N) is 4. The number of nitrogens with two attached hydrogens (primary N) is 2. The highest BCUT2D eigenvalue weighted by atomic mass is 32.2. The minimum atomic E-state index is -4.14. The second-order valence-corrected chi connectivity index (χ2v) is 17.6. The van der Waals surface area contributed by atoms with Crippen LogP contribution in [-0.4, -0.2) is 61.1 Å². The van der Waals surface area contributed by atoms with E-state index in [-0.39, 0.29) is 6.61 Å². The van der Waals surface area contributed by atoms with Gasteiger partial charge < -0.3 is 14.9 Å². The third-order valence-electron chi connectivity index (χ3n) is 6.68. The zero-order valence-corrected chi connectivity index (χ0v) is 24.1. The van der Waals surface area contributed by atoms with Crippen molar-refractivity contribution >= 4 is 47.2 Å². The van der Waals surface area contributed by atoms with E-state index in [9.17, 15) is 8.42 Å². The van der Waals surface area contributed by atoms with Crippen LogP contribution in [-0.2, 0) is 23.7 Å². The molecule has 0 unspecified atom stereocenters. The molecule has 3 rings (SSSR count). The molecule has 198 valence electrons. The summed E-state index contributed by atoms with van der Waals surface area (Å²) in [5.41, 5.74) is 7.73. The van der Waals surface area contributed by atoms with E-state index in [4.69, 9.17) is 29.3 Å². The monoisotopic (exact) mass is 546 g/mol. The van der Waals surface area contributed by atoms with Gasteiger partial charge in [-0.2, -0.15) is 13.5 Å². The van der Waals surface area contributed by atoms with Crippen LogP contribution in [0.15, 0.2) is 11.4 Å². The quantitative estimate of drug-likeness (QED) is 0.315. The highest BCUT2D eigenvalue weighted by Crippen LogP contribution is 2.46. The van der Waals surface area contributed by atoms with Gasteiger partial charge >= 0.3 is 10.3 Å². The Hall–Kier alpha value is -1.29. The lowest BCUT2D eigenvalue weighted by Crippen LogP contribution is -2.52. The molecule has 0 spiro atoms. The van der Waals surface area contributed by atoms with Crippen LogP contribution in [0.3, 0.4) is 0 Å². The molecule has 35 heavy (non-hydrogen) atoms. The van der Waals surface area contributed by atoms with Gasteiger partial charge in [0.1, 0.15) is 23.3 Å². The van der Waals surface area contributed by atoms with Crippen LogP contribution in [0.25, 0.3) is 11.0 Å². The van der Waals surface area contributed by atoms with E-state index in [1.165, 1.54) is 6.33 Å². The molecule has 4 N–H and O–H groups in total. The van der Waals surface area contributed by atoms with E-state index in [1.54, 1.807) is 16.4 Å². The van der Waals surface area contributed by atoms with Gasteiger partial charge in [0.05, 0.1) is 18.1 Å². The van der Waals surface area contributed by atoms with E-state index in [1.807, 2.05) is 6.92 Å². The van der Waals surface area contributed by atoms with E-state index >= 15 is 0 Å². The van der Waals surface area contributed by atoms with E-state index in [2.05, 4.69) is 51.5 Å². The highest BCUT2D eigenvalue weighted by Gasteiger charge is 2.50. The van der Waals surface area contributed by atoms with Crippen molar-refractivity contribution in [1.29, 1.82) is 0 Å². The predicted molar refractivity (Wildman–Crippen MR) is 140 cm³/mol. The number of hydrogen-bond acceptors (Lipinski definition) is 10. The van der Waals surface area contributed by atoms with Gasteiger partial charge in [0.25, 0.3) is 0 Å². The van der Waals surface area contributed by atoms with Crippen LogP contribution < -0.4 is 10.9 Å². The zero-order valence-electron chi connectivity index (χ0n) is 21.5. The third-order valence-corrected chi connectivity index (χ3v) is 14.1. The van der Waals surface area contributed by atoms with Crippen LogP contribution >= 0.6 is 11.8 Å². The normalized spacial score (nSPS) is 21.7. The molecule has 0 amide bonds. The van der Waals surface area contributed by atoms with Gasteiger partial charge in [-0.3, -0.25) is 4.18 Å². The number of anilines is 1. The maximum atomic E-state index is 11.6. The summed E-state index contributed by atoms with van der Waals surface area (Å²) in [6.45, 7) is 15.0. The summed E-state index contributed by atoms with van der Waals surface area (Å²) in [6, 6.07) is 0. The molecule has 1 saturated heterocycles. The molecule has 0 aliphatic carbocycles. The zero-order chi connectivity index (χ0) is 26.1. The van der Waals surface area contributed by atoms with Gasteiger partial charge in [-0.05, 0) is 22.4 Å². The van der Waals surface area contributed by atoms with Crippen molar-refractivity contribution in [2.45, 2.75) is 95.0 Å². The fraction of sp³-hybridized carbons (Fsp3) is 0.762. The first kappa shape index (κ1) is 28.3. The molecule has 1 aliphatic heterocycles. The molecule has 11 nitrogen and oxygen atoms in total. The number of rotatable bonds is 11. The molecule has 3 atom stereocenters. The first-order valence-corrected chi connectivity index (χ1v) is 16.5. The predicted octanol–water partition coefficient (Wildman–Crippen LogP) is 3.59. The fourth-order valence-corrected chi connectivity index (χ4v) is 12.0. The standard InChI is InChI=1S/C21H38N6O5S2Si/c1-8-33-21-18-19(22)24-11-25-20(18)27(26-21)17-9-15(16(31-17)10-30-34(23,28)29)32-35(12(2)3,13(4)5)14(6)7/h11-17H,8-10H2,1-7H3,(H2,22,24,25)(H2,23,28,29)/t15-,16+,17+/m0/s1. The van der Waals surface area contributed by atoms with Crippen molar-refractivity contribution < 1.29 is 21.8 Å². The first-order chi connectivity index (χ1) is 16.3. The molecule has 2 aromatic heterocycles. The second kappa shape index (κ2) is 11.0. The highest BCUT2D eigenvalue weighted by molar-refractivity contribution is 7.99. The lowest BCUT2D eigenvalue weighted by atomic mass is 10.2. The molecule has 0 bridgehead atoms. The van der Waals surface area contributed by atoms with Crippen molar-refractivity contribution in [1.82, 2.24) is 19.7 Å². The van der Waals surface area contributed by atoms with Crippen LogP contribution in [0.5, 0.6) is 0 Å². The van der Waals surface area contributed by atoms with E-state index in [0.717, 1.165) is 10.8 Å². The number of fused-ring (bicyclic) bond motifs is 1. The molecule has 1 fully saturated rings. The number of thioether (sulfide) groups is 1. The first-order valence-electron chi connectivity index (χ1n) is 11.9. The fourth-order valence-electron chi connectivity index (χ4n) is 5.36. The Balaban J connectivity index is 2.02. The number of hydrogen-bond donors (Lipinski definition) is 2. The van der Waals surface area contributed by atoms with Crippen LogP contribution in [0.2, 0.25) is 16.6 Å². The topological polar surface area (TPSA) is 157 Å². The Morgan fingerprint density at radius 3 is 2.37 bits per heavy atom. The molecular weight excluding hydrogens is 508 g/mol. The second-order valence-electron chi connectivity index (χ2n) is 9.76. The van der Waals surface area contributed by atoms with Crippen molar-refractivity contribution in [2.75, 3.05) is 18.1 Å². The van der Waals surface area contributed by atoms with Crippen LogP contribution in [0.4, 0.5) is 5.82 Å². The molecule has 3 heterocycles. The summed E-state index contributed by atoms with van der Waals surface area (Å²) in [7, 11) is -6.45. The van der Waals surface area contributed by atoms with Gasteiger partial charge in [0, 0.05) is 6.42 Å². The smallest absolute Gasteiger partial charge is 0.333 e. The van der Waals surface area contributed by atoms with Crippen LogP contribution in [0, 0.1) is 0 Å². The summed E-state index contributed by atoms with van der Waals surface area (Å²) >= 11 is 1.54. The van der Waals surface area contributed by atoms with Gasteiger partial charge in [0.2, 0.25) is 8.32 Å². The summed E-state index contributed by atoms with van der Waals surface area (Å²) in [5, 5.41) is 11.3. The Labute approximate surface area is 213 Å². The molecule has 14 heteroatoms. The van der Waals surface area contributed by atoms with Crippen molar-refractivity contribution in [3.8, 4) is 0 Å².